The molecule has 0 spiro atoms. The van der Waals surface area contributed by atoms with Crippen LogP contribution < -0.4 is 4.84 Å². The van der Waals surface area contributed by atoms with E-state index in [9.17, 15) is 20.2 Å². The highest BCUT2D eigenvalue weighted by Gasteiger charge is 2.15. The monoisotopic (exact) mass is 217 g/mol. The number of hydrogen-bond donors (Lipinski definition) is 1. The number of hydrogen-bond acceptors (Lipinski definition) is 5. The molecule has 0 aliphatic heterocycles. The van der Waals surface area contributed by atoms with Gasteiger partial charge in [-0.15, -0.1) is 0 Å². The van der Waals surface area contributed by atoms with E-state index in [0.29, 0.717) is 0 Å². The molecule has 0 aliphatic carbocycles. The lowest BCUT2D eigenvalue weighted by Crippen LogP contribution is -1.94. The first-order valence-electron chi connectivity index (χ1n) is 3.35. The molecule has 14 heavy (non-hydrogen) atoms. The Kier molecular flexibility index (Phi) is 2.82. The molecular weight excluding hydrogens is 214 g/mol. The van der Waals surface area contributed by atoms with Crippen LogP contribution in [0.3, 0.4) is 0 Å². The fourth-order valence-electron chi connectivity index (χ4n) is 0.861. The maximum Gasteiger partial charge on any atom is 0.278 e. The summed E-state index contributed by atoms with van der Waals surface area (Å²) in [6, 6.07) is 3.05. The van der Waals surface area contributed by atoms with Crippen molar-refractivity contribution in [3.63, 3.8) is 0 Å². The summed E-state index contributed by atoms with van der Waals surface area (Å²) in [4.78, 5) is 21.3. The second-order valence-electron chi connectivity index (χ2n) is 2.35. The maximum absolute atomic E-state index is 10.4. The SMILES string of the molecule is O=[N+]([O-])c1cc(NCl)cc([N+](=O)[O-])c1. The smallest absolute Gasteiger partial charge is 0.278 e. The summed E-state index contributed by atoms with van der Waals surface area (Å²) >= 11 is 5.19. The third-order valence-corrected chi connectivity index (χ3v) is 1.65. The molecule has 0 radical (unpaired) electrons. The molecule has 0 bridgehead atoms. The van der Waals surface area contributed by atoms with E-state index >= 15 is 0 Å². The minimum absolute atomic E-state index is 0.104. The first-order valence-corrected chi connectivity index (χ1v) is 3.73. The van der Waals surface area contributed by atoms with Gasteiger partial charge in [0.2, 0.25) is 0 Å². The maximum atomic E-state index is 10.4. The fourth-order valence-corrected chi connectivity index (χ4v) is 0.970. The fraction of sp³-hybridized carbons (Fsp3) is 0. The van der Waals surface area contributed by atoms with Gasteiger partial charge in [-0.25, -0.2) is 0 Å². The van der Waals surface area contributed by atoms with E-state index in [1.54, 1.807) is 0 Å². The van der Waals surface area contributed by atoms with Crippen LogP contribution in [-0.4, -0.2) is 9.85 Å². The van der Waals surface area contributed by atoms with Gasteiger partial charge in [0.05, 0.1) is 21.6 Å². The molecule has 0 atom stereocenters. The molecule has 0 amide bonds. The van der Waals surface area contributed by atoms with Gasteiger partial charge in [-0.1, -0.05) is 0 Å². The lowest BCUT2D eigenvalue weighted by molar-refractivity contribution is -0.394. The number of non-ortho nitro benzene ring substituents is 2. The van der Waals surface area contributed by atoms with Gasteiger partial charge in [0, 0.05) is 23.9 Å². The molecule has 74 valence electrons. The number of anilines is 1. The van der Waals surface area contributed by atoms with Crippen molar-refractivity contribution in [3.05, 3.63) is 38.4 Å². The molecule has 0 heterocycles. The first-order chi connectivity index (χ1) is 6.54. The summed E-state index contributed by atoms with van der Waals surface area (Å²) < 4.78 is 0. The highest BCUT2D eigenvalue weighted by molar-refractivity contribution is 6.24. The molecule has 1 N–H and O–H groups in total. The molecule has 0 aromatic heterocycles. The Bertz CT molecular complexity index is 362. The van der Waals surface area contributed by atoms with E-state index < -0.39 is 9.85 Å². The van der Waals surface area contributed by atoms with Gasteiger partial charge < -0.3 is 0 Å². The van der Waals surface area contributed by atoms with E-state index in [0.717, 1.165) is 18.2 Å². The third-order valence-electron chi connectivity index (χ3n) is 1.43. The average Bonchev–Trinajstić information content (AvgIpc) is 2.16. The predicted octanol–water partition coefficient (Wildman–Crippen LogP) is 2.07. The second kappa shape index (κ2) is 3.88. The Labute approximate surface area is 82.7 Å². The van der Waals surface area contributed by atoms with E-state index in [-0.39, 0.29) is 17.1 Å². The van der Waals surface area contributed by atoms with Crippen LogP contribution in [0, 0.1) is 20.2 Å². The summed E-state index contributed by atoms with van der Waals surface area (Å²) in [6.07, 6.45) is 0. The highest BCUT2D eigenvalue weighted by atomic mass is 35.5. The Balaban J connectivity index is 3.27. The number of nitro benzene ring substituents is 2. The molecule has 0 saturated heterocycles. The van der Waals surface area contributed by atoms with Crippen LogP contribution in [0.4, 0.5) is 17.1 Å². The normalized spacial score (nSPS) is 9.50. The van der Waals surface area contributed by atoms with Crippen molar-refractivity contribution in [3.8, 4) is 0 Å². The van der Waals surface area contributed by atoms with Gasteiger partial charge in [-0.2, -0.15) is 0 Å². The van der Waals surface area contributed by atoms with Gasteiger partial charge >= 0.3 is 0 Å². The van der Waals surface area contributed by atoms with E-state index in [2.05, 4.69) is 4.84 Å². The Morgan fingerprint density at radius 3 is 1.79 bits per heavy atom. The molecular formula is C6H4ClN3O4. The molecule has 0 unspecified atom stereocenters. The van der Waals surface area contributed by atoms with Crippen molar-refractivity contribution in [2.75, 3.05) is 4.84 Å². The van der Waals surface area contributed by atoms with Crippen molar-refractivity contribution < 1.29 is 9.85 Å². The van der Waals surface area contributed by atoms with Crippen LogP contribution in [0.1, 0.15) is 0 Å². The van der Waals surface area contributed by atoms with Gasteiger partial charge in [-0.05, 0) is 0 Å². The zero-order valence-electron chi connectivity index (χ0n) is 6.64. The van der Waals surface area contributed by atoms with Gasteiger partial charge in [0.25, 0.3) is 11.4 Å². The average molecular weight is 218 g/mol. The standard InChI is InChI=1S/C6H4ClN3O4/c7-8-4-1-5(9(11)12)3-6(2-4)10(13)14/h1-3,8H. The summed E-state index contributed by atoms with van der Waals surface area (Å²) in [5.74, 6) is 0. The van der Waals surface area contributed by atoms with Crippen molar-refractivity contribution in [1.29, 1.82) is 0 Å². The summed E-state index contributed by atoms with van der Waals surface area (Å²) in [5.41, 5.74) is -0.669. The topological polar surface area (TPSA) is 98.3 Å². The summed E-state index contributed by atoms with van der Waals surface area (Å²) in [5, 5.41) is 20.7. The molecule has 0 fully saturated rings. The van der Waals surface area contributed by atoms with E-state index in [1.165, 1.54) is 0 Å². The zero-order valence-corrected chi connectivity index (χ0v) is 7.39. The van der Waals surface area contributed by atoms with Crippen LogP contribution in [0.15, 0.2) is 18.2 Å². The zero-order chi connectivity index (χ0) is 10.7. The highest BCUT2D eigenvalue weighted by Crippen LogP contribution is 2.25. The van der Waals surface area contributed by atoms with Gasteiger partial charge in [0.15, 0.2) is 0 Å². The predicted molar refractivity (Wildman–Crippen MR) is 49.2 cm³/mol. The quantitative estimate of drug-likeness (QED) is 0.475. The number of rotatable bonds is 3. The number of halogens is 1. The Hall–Kier alpha value is -1.89. The Morgan fingerprint density at radius 1 is 1.07 bits per heavy atom. The van der Waals surface area contributed by atoms with E-state index in [1.807, 2.05) is 0 Å². The minimum atomic E-state index is -0.731. The van der Waals surface area contributed by atoms with Crippen LogP contribution in [0.2, 0.25) is 0 Å². The van der Waals surface area contributed by atoms with Crippen LogP contribution >= 0.6 is 11.8 Å². The van der Waals surface area contributed by atoms with Crippen LogP contribution in [0.25, 0.3) is 0 Å². The van der Waals surface area contributed by atoms with Crippen molar-refractivity contribution >= 4 is 28.8 Å². The van der Waals surface area contributed by atoms with Crippen molar-refractivity contribution in [2.24, 2.45) is 0 Å². The first kappa shape index (κ1) is 10.2. The van der Waals surface area contributed by atoms with E-state index in [4.69, 9.17) is 11.8 Å². The molecule has 8 heteroatoms. The Morgan fingerprint density at radius 2 is 1.50 bits per heavy atom. The third kappa shape index (κ3) is 2.07. The molecule has 1 aromatic rings. The number of nitro groups is 2. The molecule has 7 nitrogen and oxygen atoms in total. The van der Waals surface area contributed by atoms with Crippen molar-refractivity contribution in [1.82, 2.24) is 0 Å². The minimum Gasteiger partial charge on any atom is -0.298 e. The largest absolute Gasteiger partial charge is 0.298 e. The van der Waals surface area contributed by atoms with Crippen molar-refractivity contribution in [2.45, 2.75) is 0 Å². The lowest BCUT2D eigenvalue weighted by Gasteiger charge is -1.97. The molecule has 0 aliphatic rings. The van der Waals surface area contributed by atoms with Gasteiger partial charge in [0.1, 0.15) is 0 Å². The summed E-state index contributed by atoms with van der Waals surface area (Å²) in [6.45, 7) is 0. The second-order valence-corrected chi connectivity index (χ2v) is 2.54. The summed E-state index contributed by atoms with van der Waals surface area (Å²) in [7, 11) is 0. The van der Waals surface area contributed by atoms with Gasteiger partial charge in [-0.3, -0.25) is 25.1 Å². The number of nitrogens with zero attached hydrogens (tertiary/aromatic N) is 2. The molecule has 1 aromatic carbocycles. The molecule has 0 saturated carbocycles. The number of benzene rings is 1. The number of nitrogens with one attached hydrogen (secondary N) is 1. The lowest BCUT2D eigenvalue weighted by atomic mass is 10.2. The molecule has 1 rings (SSSR count). The van der Waals surface area contributed by atoms with Crippen LogP contribution in [0.5, 0.6) is 0 Å². The van der Waals surface area contributed by atoms with Crippen LogP contribution in [-0.2, 0) is 0 Å².